The average molecular weight is 380 g/mol. The second-order valence-electron chi connectivity index (χ2n) is 4.53. The Morgan fingerprint density at radius 3 is 2.57 bits per heavy atom. The molecule has 0 aromatic carbocycles. The number of carboxylic acids is 1. The van der Waals surface area contributed by atoms with E-state index in [4.69, 9.17) is 5.11 Å². The summed E-state index contributed by atoms with van der Waals surface area (Å²) in [6, 6.07) is -1.15. The fourth-order valence-corrected chi connectivity index (χ4v) is 4.09. The maximum absolute atomic E-state index is 12.1. The van der Waals surface area contributed by atoms with E-state index in [1.807, 2.05) is 6.92 Å². The van der Waals surface area contributed by atoms with Gasteiger partial charge in [-0.1, -0.05) is 6.92 Å². The molecule has 2 atom stereocenters. The molecule has 1 aromatic heterocycles. The Morgan fingerprint density at radius 2 is 2.14 bits per heavy atom. The summed E-state index contributed by atoms with van der Waals surface area (Å²) in [4.78, 5) is 22.0. The smallest absolute Gasteiger partial charge is 0.327 e. The lowest BCUT2D eigenvalue weighted by molar-refractivity contribution is -0.140. The largest absolute Gasteiger partial charge is 0.480 e. The molecule has 0 bridgehead atoms. The summed E-state index contributed by atoms with van der Waals surface area (Å²) >= 11 is 3.42. The van der Waals surface area contributed by atoms with Crippen molar-refractivity contribution in [2.24, 2.45) is 7.05 Å². The van der Waals surface area contributed by atoms with Crippen molar-refractivity contribution in [3.05, 3.63) is 15.9 Å². The van der Waals surface area contributed by atoms with Gasteiger partial charge in [0, 0.05) is 24.8 Å². The maximum atomic E-state index is 12.1. The molecular weight excluding hydrogens is 362 g/mol. The number of nitrogens with zero attached hydrogens (tertiary/aromatic N) is 2. The first kappa shape index (κ1) is 17.8. The number of rotatable bonds is 7. The summed E-state index contributed by atoms with van der Waals surface area (Å²) in [5.74, 6) is -1.63. The minimum atomic E-state index is -1.43. The fourth-order valence-electron chi connectivity index (χ4n) is 1.79. The summed E-state index contributed by atoms with van der Waals surface area (Å²) in [7, 11) is 0.315. The van der Waals surface area contributed by atoms with Crippen molar-refractivity contribution < 1.29 is 18.9 Å². The molecule has 0 fully saturated rings. The van der Waals surface area contributed by atoms with E-state index in [0.717, 1.165) is 22.3 Å². The number of hydrogen-bond donors (Lipinski definition) is 2. The molecule has 0 spiro atoms. The number of aliphatic carboxylic acids is 1. The monoisotopic (exact) mass is 379 g/mol. The normalized spacial score (nSPS) is 13.7. The van der Waals surface area contributed by atoms with Gasteiger partial charge in [-0.2, -0.15) is 5.10 Å². The Bertz CT molecular complexity index is 573. The molecule has 9 heteroatoms. The second-order valence-corrected chi connectivity index (χ2v) is 6.82. The average Bonchev–Trinajstić information content (AvgIpc) is 2.64. The standard InChI is InChI=1S/C12H18BrN3O4S/c1-4-8-11(13)10(16(3)15-8)6-21(20)5-9(12(18)19)14-7(2)17/h9H,4-6H2,1-3H3,(H,14,17)(H,18,19). The first-order chi connectivity index (χ1) is 9.76. The lowest BCUT2D eigenvalue weighted by atomic mass is 10.3. The van der Waals surface area contributed by atoms with E-state index in [1.165, 1.54) is 6.92 Å². The number of carbonyl (C=O) groups excluding carboxylic acids is 1. The predicted molar refractivity (Wildman–Crippen MR) is 82.2 cm³/mol. The third-order valence-corrected chi connectivity index (χ3v) is 5.04. The van der Waals surface area contributed by atoms with Crippen LogP contribution < -0.4 is 5.32 Å². The molecule has 1 amide bonds. The molecule has 2 unspecified atom stereocenters. The molecule has 118 valence electrons. The van der Waals surface area contributed by atoms with Crippen molar-refractivity contribution in [3.8, 4) is 0 Å². The summed E-state index contributed by atoms with van der Waals surface area (Å²) in [5.41, 5.74) is 1.61. The molecule has 0 saturated carbocycles. The van der Waals surface area contributed by atoms with Crippen LogP contribution in [0.25, 0.3) is 0 Å². The van der Waals surface area contributed by atoms with Crippen LogP contribution in [0.5, 0.6) is 0 Å². The number of aryl methyl sites for hydroxylation is 2. The SMILES string of the molecule is CCc1nn(C)c(CS(=O)CC(NC(C)=O)C(=O)O)c1Br. The molecule has 0 aliphatic heterocycles. The molecule has 2 N–H and O–H groups in total. The van der Waals surface area contributed by atoms with Gasteiger partial charge in [0.15, 0.2) is 0 Å². The molecule has 0 radical (unpaired) electrons. The predicted octanol–water partition coefficient (Wildman–Crippen LogP) is 0.583. The van der Waals surface area contributed by atoms with Crippen molar-refractivity contribution in [2.75, 3.05) is 5.75 Å². The van der Waals surface area contributed by atoms with E-state index in [9.17, 15) is 13.8 Å². The van der Waals surface area contributed by atoms with E-state index < -0.39 is 28.7 Å². The van der Waals surface area contributed by atoms with Crippen molar-refractivity contribution in [1.29, 1.82) is 0 Å². The molecule has 21 heavy (non-hydrogen) atoms. The van der Waals surface area contributed by atoms with E-state index >= 15 is 0 Å². The molecule has 1 heterocycles. The zero-order valence-electron chi connectivity index (χ0n) is 12.1. The van der Waals surface area contributed by atoms with Gasteiger partial charge < -0.3 is 10.4 Å². The van der Waals surface area contributed by atoms with Crippen molar-refractivity contribution in [2.45, 2.75) is 32.1 Å². The van der Waals surface area contributed by atoms with Crippen LogP contribution in [0.1, 0.15) is 25.2 Å². The summed E-state index contributed by atoms with van der Waals surface area (Å²) in [6.45, 7) is 3.19. The lowest BCUT2D eigenvalue weighted by Crippen LogP contribution is -2.43. The lowest BCUT2D eigenvalue weighted by Gasteiger charge is -2.13. The van der Waals surface area contributed by atoms with Crippen LogP contribution in [0.15, 0.2) is 4.47 Å². The zero-order valence-corrected chi connectivity index (χ0v) is 14.5. The van der Waals surface area contributed by atoms with Gasteiger partial charge in [0.1, 0.15) is 6.04 Å². The first-order valence-electron chi connectivity index (χ1n) is 6.31. The second kappa shape index (κ2) is 7.69. The first-order valence-corrected chi connectivity index (χ1v) is 8.59. The van der Waals surface area contributed by atoms with E-state index in [-0.39, 0.29) is 11.5 Å². The van der Waals surface area contributed by atoms with Crippen LogP contribution in [-0.2, 0) is 39.6 Å². The van der Waals surface area contributed by atoms with Crippen molar-refractivity contribution in [1.82, 2.24) is 15.1 Å². The number of amides is 1. The summed E-state index contributed by atoms with van der Waals surface area (Å²) < 4.78 is 14.6. The third kappa shape index (κ3) is 4.92. The molecule has 0 saturated heterocycles. The number of halogens is 1. The topological polar surface area (TPSA) is 101 Å². The zero-order chi connectivity index (χ0) is 16.2. The minimum Gasteiger partial charge on any atom is -0.480 e. The Hall–Kier alpha value is -1.22. The van der Waals surface area contributed by atoms with Gasteiger partial charge in [-0.15, -0.1) is 0 Å². The maximum Gasteiger partial charge on any atom is 0.327 e. The Kier molecular flexibility index (Phi) is 6.53. The highest BCUT2D eigenvalue weighted by molar-refractivity contribution is 9.10. The Labute approximate surface area is 133 Å². The number of nitrogens with one attached hydrogen (secondary N) is 1. The summed E-state index contributed by atoms with van der Waals surface area (Å²) in [6.07, 6.45) is 0.741. The highest BCUT2D eigenvalue weighted by atomic mass is 79.9. The van der Waals surface area contributed by atoms with Crippen LogP contribution in [0.2, 0.25) is 0 Å². The third-order valence-electron chi connectivity index (χ3n) is 2.83. The van der Waals surface area contributed by atoms with Gasteiger partial charge in [0.2, 0.25) is 5.91 Å². The minimum absolute atomic E-state index is 0.145. The Morgan fingerprint density at radius 1 is 1.52 bits per heavy atom. The van der Waals surface area contributed by atoms with Crippen LogP contribution >= 0.6 is 15.9 Å². The number of carbonyl (C=O) groups is 2. The van der Waals surface area contributed by atoms with E-state index in [2.05, 4.69) is 26.3 Å². The molecule has 0 aliphatic carbocycles. The highest BCUT2D eigenvalue weighted by Crippen LogP contribution is 2.22. The Balaban J connectivity index is 2.79. The number of aromatic nitrogens is 2. The van der Waals surface area contributed by atoms with Crippen LogP contribution in [0.3, 0.4) is 0 Å². The van der Waals surface area contributed by atoms with Crippen molar-refractivity contribution >= 4 is 38.6 Å². The molecular formula is C12H18BrN3O4S. The quantitative estimate of drug-likeness (QED) is 0.721. The van der Waals surface area contributed by atoms with Crippen LogP contribution in [0, 0.1) is 0 Å². The van der Waals surface area contributed by atoms with E-state index in [0.29, 0.717) is 0 Å². The number of hydrogen-bond acceptors (Lipinski definition) is 4. The van der Waals surface area contributed by atoms with Crippen LogP contribution in [-0.4, -0.2) is 42.8 Å². The fraction of sp³-hybridized carbons (Fsp3) is 0.583. The van der Waals surface area contributed by atoms with Crippen LogP contribution in [0.4, 0.5) is 0 Å². The van der Waals surface area contributed by atoms with Gasteiger partial charge in [0.25, 0.3) is 0 Å². The van der Waals surface area contributed by atoms with Gasteiger partial charge in [-0.3, -0.25) is 13.7 Å². The van der Waals surface area contributed by atoms with Gasteiger partial charge in [-0.25, -0.2) is 4.79 Å². The molecule has 1 rings (SSSR count). The van der Waals surface area contributed by atoms with E-state index in [1.54, 1.807) is 11.7 Å². The van der Waals surface area contributed by atoms with Gasteiger partial charge in [0.05, 0.1) is 27.4 Å². The number of carboxylic acid groups (broad SMARTS) is 1. The van der Waals surface area contributed by atoms with Gasteiger partial charge in [-0.05, 0) is 22.4 Å². The van der Waals surface area contributed by atoms with Gasteiger partial charge >= 0.3 is 5.97 Å². The highest BCUT2D eigenvalue weighted by Gasteiger charge is 2.23. The molecule has 7 nitrogen and oxygen atoms in total. The van der Waals surface area contributed by atoms with Crippen molar-refractivity contribution in [3.63, 3.8) is 0 Å². The summed E-state index contributed by atoms with van der Waals surface area (Å²) in [5, 5.41) is 15.6. The molecule has 0 aliphatic rings. The molecule has 1 aromatic rings.